The van der Waals surface area contributed by atoms with E-state index in [0.717, 1.165) is 16.8 Å². The van der Waals surface area contributed by atoms with Crippen LogP contribution in [0, 0.1) is 0 Å². The zero-order valence-corrected chi connectivity index (χ0v) is 9.94. The fourth-order valence-electron chi connectivity index (χ4n) is 1.76. The van der Waals surface area contributed by atoms with E-state index in [4.69, 9.17) is 15.2 Å². The van der Waals surface area contributed by atoms with Gasteiger partial charge in [0.05, 0.1) is 14.2 Å². The number of anilines is 1. The molecule has 0 aliphatic carbocycles. The highest BCUT2D eigenvalue weighted by Gasteiger charge is 2.07. The molecule has 3 heteroatoms. The average molecular weight is 229 g/mol. The standard InChI is InChI=1S/C14H15NO2/c1-16-13-8-7-10(9-14(13)17-2)11-5-3-4-6-12(11)15/h3-9H,15H2,1-2H3. The van der Waals surface area contributed by atoms with Gasteiger partial charge < -0.3 is 15.2 Å². The lowest BCUT2D eigenvalue weighted by Gasteiger charge is -2.10. The number of para-hydroxylation sites is 1. The highest BCUT2D eigenvalue weighted by Crippen LogP contribution is 2.34. The van der Waals surface area contributed by atoms with Gasteiger partial charge in [-0.25, -0.2) is 0 Å². The summed E-state index contributed by atoms with van der Waals surface area (Å²) in [5, 5.41) is 0. The summed E-state index contributed by atoms with van der Waals surface area (Å²) in [4.78, 5) is 0. The van der Waals surface area contributed by atoms with Crippen LogP contribution in [0.25, 0.3) is 11.1 Å². The minimum Gasteiger partial charge on any atom is -0.493 e. The number of benzene rings is 2. The fourth-order valence-corrected chi connectivity index (χ4v) is 1.76. The molecule has 2 aromatic rings. The van der Waals surface area contributed by atoms with Gasteiger partial charge in [0.25, 0.3) is 0 Å². The third-order valence-electron chi connectivity index (χ3n) is 2.66. The summed E-state index contributed by atoms with van der Waals surface area (Å²) < 4.78 is 10.5. The van der Waals surface area contributed by atoms with Crippen LogP contribution < -0.4 is 15.2 Å². The smallest absolute Gasteiger partial charge is 0.161 e. The van der Waals surface area contributed by atoms with Crippen LogP contribution in [-0.2, 0) is 0 Å². The van der Waals surface area contributed by atoms with Gasteiger partial charge in [0.15, 0.2) is 11.5 Å². The third-order valence-corrected chi connectivity index (χ3v) is 2.66. The van der Waals surface area contributed by atoms with Gasteiger partial charge in [0.1, 0.15) is 0 Å². The van der Waals surface area contributed by atoms with E-state index in [2.05, 4.69) is 0 Å². The molecule has 0 fully saturated rings. The quantitative estimate of drug-likeness (QED) is 0.823. The Morgan fingerprint density at radius 3 is 2.24 bits per heavy atom. The molecule has 0 saturated heterocycles. The van der Waals surface area contributed by atoms with Crippen LogP contribution in [0.3, 0.4) is 0 Å². The van der Waals surface area contributed by atoms with Crippen molar-refractivity contribution in [2.75, 3.05) is 20.0 Å². The van der Waals surface area contributed by atoms with Crippen molar-refractivity contribution in [3.8, 4) is 22.6 Å². The van der Waals surface area contributed by atoms with E-state index in [1.165, 1.54) is 0 Å². The summed E-state index contributed by atoms with van der Waals surface area (Å²) >= 11 is 0. The van der Waals surface area contributed by atoms with Crippen LogP contribution in [0.4, 0.5) is 5.69 Å². The van der Waals surface area contributed by atoms with E-state index in [1.807, 2.05) is 42.5 Å². The van der Waals surface area contributed by atoms with Gasteiger partial charge in [-0.2, -0.15) is 0 Å². The number of nitrogen functional groups attached to an aromatic ring is 1. The fraction of sp³-hybridized carbons (Fsp3) is 0.143. The lowest BCUT2D eigenvalue weighted by atomic mass is 10.0. The maximum atomic E-state index is 5.94. The van der Waals surface area contributed by atoms with Crippen molar-refractivity contribution < 1.29 is 9.47 Å². The summed E-state index contributed by atoms with van der Waals surface area (Å²) in [6.45, 7) is 0. The summed E-state index contributed by atoms with van der Waals surface area (Å²) in [7, 11) is 3.24. The molecule has 0 bridgehead atoms. The zero-order valence-electron chi connectivity index (χ0n) is 9.94. The minimum absolute atomic E-state index is 0.702. The van der Waals surface area contributed by atoms with Crippen LogP contribution in [0.15, 0.2) is 42.5 Å². The maximum Gasteiger partial charge on any atom is 0.161 e. The summed E-state index contributed by atoms with van der Waals surface area (Å²) in [5.41, 5.74) is 8.70. The molecule has 2 aromatic carbocycles. The first-order valence-corrected chi connectivity index (χ1v) is 5.33. The maximum absolute atomic E-state index is 5.94. The van der Waals surface area contributed by atoms with E-state index in [-0.39, 0.29) is 0 Å². The number of methoxy groups -OCH3 is 2. The Kier molecular flexibility index (Phi) is 3.19. The van der Waals surface area contributed by atoms with Crippen LogP contribution in [-0.4, -0.2) is 14.2 Å². The molecule has 0 amide bonds. The highest BCUT2D eigenvalue weighted by atomic mass is 16.5. The van der Waals surface area contributed by atoms with Gasteiger partial charge >= 0.3 is 0 Å². The molecule has 0 aliphatic heterocycles. The van der Waals surface area contributed by atoms with Gasteiger partial charge in [-0.1, -0.05) is 24.3 Å². The molecule has 2 rings (SSSR count). The molecule has 0 radical (unpaired) electrons. The molecule has 88 valence electrons. The molecule has 0 saturated carbocycles. The van der Waals surface area contributed by atoms with Crippen molar-refractivity contribution in [1.29, 1.82) is 0 Å². The van der Waals surface area contributed by atoms with Crippen LogP contribution in [0.1, 0.15) is 0 Å². The Morgan fingerprint density at radius 1 is 0.882 bits per heavy atom. The molecule has 0 spiro atoms. The van der Waals surface area contributed by atoms with Gasteiger partial charge in [0.2, 0.25) is 0 Å². The first-order valence-electron chi connectivity index (χ1n) is 5.33. The Hall–Kier alpha value is -2.16. The molecule has 2 N–H and O–H groups in total. The summed E-state index contributed by atoms with van der Waals surface area (Å²) in [6, 6.07) is 13.5. The van der Waals surface area contributed by atoms with E-state index in [0.29, 0.717) is 11.5 Å². The van der Waals surface area contributed by atoms with Crippen molar-refractivity contribution in [3.05, 3.63) is 42.5 Å². The first-order chi connectivity index (χ1) is 8.26. The van der Waals surface area contributed by atoms with Crippen LogP contribution in [0.2, 0.25) is 0 Å². The van der Waals surface area contributed by atoms with E-state index in [9.17, 15) is 0 Å². The van der Waals surface area contributed by atoms with Gasteiger partial charge in [-0.15, -0.1) is 0 Å². The van der Waals surface area contributed by atoms with E-state index < -0.39 is 0 Å². The SMILES string of the molecule is COc1ccc(-c2ccccc2N)cc1OC. The zero-order chi connectivity index (χ0) is 12.3. The molecule has 0 atom stereocenters. The molecular formula is C14H15NO2. The molecule has 0 aromatic heterocycles. The van der Waals surface area contributed by atoms with Crippen molar-refractivity contribution >= 4 is 5.69 Å². The van der Waals surface area contributed by atoms with Crippen molar-refractivity contribution in [2.24, 2.45) is 0 Å². The molecular weight excluding hydrogens is 214 g/mol. The Balaban J connectivity index is 2.50. The summed E-state index contributed by atoms with van der Waals surface area (Å²) in [5.74, 6) is 1.42. The normalized spacial score (nSPS) is 10.0. The number of rotatable bonds is 3. The highest BCUT2D eigenvalue weighted by molar-refractivity contribution is 5.77. The molecule has 0 unspecified atom stereocenters. The Morgan fingerprint density at radius 2 is 1.59 bits per heavy atom. The number of hydrogen-bond acceptors (Lipinski definition) is 3. The van der Waals surface area contributed by atoms with Crippen molar-refractivity contribution in [1.82, 2.24) is 0 Å². The van der Waals surface area contributed by atoms with Crippen LogP contribution in [0.5, 0.6) is 11.5 Å². The minimum atomic E-state index is 0.702. The number of hydrogen-bond donors (Lipinski definition) is 1. The predicted octanol–water partition coefficient (Wildman–Crippen LogP) is 2.95. The molecule has 0 aliphatic rings. The van der Waals surface area contributed by atoms with Crippen molar-refractivity contribution in [2.45, 2.75) is 0 Å². The second kappa shape index (κ2) is 4.78. The average Bonchev–Trinajstić information content (AvgIpc) is 2.38. The second-order valence-electron chi connectivity index (χ2n) is 3.66. The molecule has 0 heterocycles. The van der Waals surface area contributed by atoms with Crippen molar-refractivity contribution in [3.63, 3.8) is 0 Å². The first kappa shape index (κ1) is 11.3. The summed E-state index contributed by atoms with van der Waals surface area (Å²) in [6.07, 6.45) is 0. The second-order valence-corrected chi connectivity index (χ2v) is 3.66. The molecule has 17 heavy (non-hydrogen) atoms. The van der Waals surface area contributed by atoms with Gasteiger partial charge in [-0.3, -0.25) is 0 Å². The lowest BCUT2D eigenvalue weighted by Crippen LogP contribution is -1.93. The predicted molar refractivity (Wildman–Crippen MR) is 69.4 cm³/mol. The van der Waals surface area contributed by atoms with E-state index in [1.54, 1.807) is 14.2 Å². The number of nitrogens with two attached hydrogens (primary N) is 1. The van der Waals surface area contributed by atoms with E-state index >= 15 is 0 Å². The third kappa shape index (κ3) is 2.18. The lowest BCUT2D eigenvalue weighted by molar-refractivity contribution is 0.355. The Labute approximate surface area is 101 Å². The van der Waals surface area contributed by atoms with Gasteiger partial charge in [-0.05, 0) is 23.8 Å². The topological polar surface area (TPSA) is 44.5 Å². The van der Waals surface area contributed by atoms with Crippen LogP contribution >= 0.6 is 0 Å². The van der Waals surface area contributed by atoms with Gasteiger partial charge in [0, 0.05) is 11.3 Å². The Bertz CT molecular complexity index is 523. The molecule has 3 nitrogen and oxygen atoms in total. The monoisotopic (exact) mass is 229 g/mol. The largest absolute Gasteiger partial charge is 0.493 e. The number of ether oxygens (including phenoxy) is 2.